The van der Waals surface area contributed by atoms with Crippen LogP contribution in [-0.2, 0) is 11.2 Å². The number of benzene rings is 1. The summed E-state index contributed by atoms with van der Waals surface area (Å²) in [5.41, 5.74) is 4.35. The van der Waals surface area contributed by atoms with Crippen molar-refractivity contribution in [3.05, 3.63) is 35.0 Å². The van der Waals surface area contributed by atoms with Gasteiger partial charge < -0.3 is 15.0 Å². The van der Waals surface area contributed by atoms with E-state index in [9.17, 15) is 4.79 Å². The van der Waals surface area contributed by atoms with Gasteiger partial charge in [0.1, 0.15) is 0 Å². The van der Waals surface area contributed by atoms with Crippen LogP contribution >= 0.6 is 0 Å². The number of carbonyl (C=O) groups excluding carboxylic acids is 1. The molecule has 1 aromatic carbocycles. The van der Waals surface area contributed by atoms with Crippen molar-refractivity contribution in [3.63, 3.8) is 0 Å². The molecule has 0 aliphatic carbocycles. The molecule has 0 radical (unpaired) electrons. The normalized spacial score (nSPS) is 17.7. The van der Waals surface area contributed by atoms with Gasteiger partial charge in [-0.1, -0.05) is 6.92 Å². The van der Waals surface area contributed by atoms with Crippen LogP contribution < -0.4 is 5.32 Å². The molecule has 23 heavy (non-hydrogen) atoms. The molecule has 0 bridgehead atoms. The van der Waals surface area contributed by atoms with Crippen LogP contribution in [0.15, 0.2) is 18.2 Å². The summed E-state index contributed by atoms with van der Waals surface area (Å²) in [4.78, 5) is 15.7. The second-order valence-corrected chi connectivity index (χ2v) is 6.47. The van der Waals surface area contributed by atoms with Gasteiger partial charge in [0.25, 0.3) is 5.91 Å². The highest BCUT2D eigenvalue weighted by Gasteiger charge is 2.15. The van der Waals surface area contributed by atoms with Crippen LogP contribution in [-0.4, -0.2) is 30.6 Å². The number of aromatic nitrogens is 1. The monoisotopic (exact) mass is 314 g/mol. The fourth-order valence-electron chi connectivity index (χ4n) is 3.38. The van der Waals surface area contributed by atoms with E-state index in [1.54, 1.807) is 0 Å². The first-order valence-corrected chi connectivity index (χ1v) is 8.66. The number of rotatable bonds is 6. The predicted molar refractivity (Wildman–Crippen MR) is 92.9 cm³/mol. The second-order valence-electron chi connectivity index (χ2n) is 6.47. The lowest BCUT2D eigenvalue weighted by Gasteiger charge is -2.08. The highest BCUT2D eigenvalue weighted by Crippen LogP contribution is 2.23. The van der Waals surface area contributed by atoms with E-state index < -0.39 is 0 Å². The van der Waals surface area contributed by atoms with Gasteiger partial charge in [-0.25, -0.2) is 0 Å². The topological polar surface area (TPSA) is 54.1 Å². The van der Waals surface area contributed by atoms with E-state index in [-0.39, 0.29) is 5.91 Å². The Morgan fingerprint density at radius 1 is 1.43 bits per heavy atom. The van der Waals surface area contributed by atoms with Crippen molar-refractivity contribution in [2.45, 2.75) is 39.5 Å². The first-order chi connectivity index (χ1) is 11.2. The van der Waals surface area contributed by atoms with Crippen LogP contribution in [0.25, 0.3) is 10.9 Å². The zero-order valence-corrected chi connectivity index (χ0v) is 14.1. The minimum absolute atomic E-state index is 0.0215. The molecule has 1 aromatic heterocycles. The van der Waals surface area contributed by atoms with Crippen LogP contribution in [0.3, 0.4) is 0 Å². The van der Waals surface area contributed by atoms with Gasteiger partial charge in [0.2, 0.25) is 0 Å². The van der Waals surface area contributed by atoms with Crippen molar-refractivity contribution >= 4 is 16.8 Å². The Balaban J connectivity index is 1.58. The quantitative estimate of drug-likeness (QED) is 0.801. The lowest BCUT2D eigenvalue weighted by molar-refractivity contribution is 0.0952. The molecule has 2 heterocycles. The SMILES string of the molecule is CCc1[nH]c2ccc(C(=O)NCCC[C@H]3CCOC3)cc2c1C. The van der Waals surface area contributed by atoms with Crippen LogP contribution in [0.4, 0.5) is 0 Å². The molecular formula is C19H26N2O2. The molecular weight excluding hydrogens is 288 g/mol. The van der Waals surface area contributed by atoms with E-state index in [0.29, 0.717) is 5.92 Å². The Morgan fingerprint density at radius 3 is 3.04 bits per heavy atom. The molecule has 4 nitrogen and oxygen atoms in total. The Kier molecular flexibility index (Phi) is 5.01. The average Bonchev–Trinajstić information content (AvgIpc) is 3.19. The number of ether oxygens (including phenoxy) is 1. The number of carbonyl (C=O) groups is 1. The lowest BCUT2D eigenvalue weighted by atomic mass is 10.0. The second kappa shape index (κ2) is 7.18. The van der Waals surface area contributed by atoms with Crippen LogP contribution in [0, 0.1) is 12.8 Å². The number of nitrogens with one attached hydrogen (secondary N) is 2. The van der Waals surface area contributed by atoms with Crippen molar-refractivity contribution in [2.75, 3.05) is 19.8 Å². The minimum Gasteiger partial charge on any atom is -0.381 e. The van der Waals surface area contributed by atoms with E-state index >= 15 is 0 Å². The summed E-state index contributed by atoms with van der Waals surface area (Å²) in [6, 6.07) is 5.91. The highest BCUT2D eigenvalue weighted by atomic mass is 16.5. The third-order valence-corrected chi connectivity index (χ3v) is 4.88. The van der Waals surface area contributed by atoms with Crippen LogP contribution in [0.2, 0.25) is 0 Å². The van der Waals surface area contributed by atoms with Gasteiger partial charge in [0.15, 0.2) is 0 Å². The summed E-state index contributed by atoms with van der Waals surface area (Å²) in [6.07, 6.45) is 4.30. The Bertz CT molecular complexity index is 684. The summed E-state index contributed by atoms with van der Waals surface area (Å²) in [5.74, 6) is 0.700. The molecule has 1 atom stereocenters. The summed E-state index contributed by atoms with van der Waals surface area (Å²) in [6.45, 7) is 6.77. The Morgan fingerprint density at radius 2 is 2.30 bits per heavy atom. The first-order valence-electron chi connectivity index (χ1n) is 8.66. The number of aromatic amines is 1. The zero-order valence-electron chi connectivity index (χ0n) is 14.1. The van der Waals surface area contributed by atoms with Crippen molar-refractivity contribution in [1.82, 2.24) is 10.3 Å². The molecule has 1 amide bonds. The average molecular weight is 314 g/mol. The molecule has 0 saturated carbocycles. The number of aryl methyl sites for hydroxylation is 2. The number of H-pyrrole nitrogens is 1. The van der Waals surface area contributed by atoms with Gasteiger partial charge in [-0.2, -0.15) is 0 Å². The zero-order chi connectivity index (χ0) is 16.2. The van der Waals surface area contributed by atoms with Gasteiger partial charge in [-0.15, -0.1) is 0 Å². The van der Waals surface area contributed by atoms with E-state index in [1.165, 1.54) is 11.3 Å². The summed E-state index contributed by atoms with van der Waals surface area (Å²) in [7, 11) is 0. The van der Waals surface area contributed by atoms with Crippen molar-refractivity contribution in [2.24, 2.45) is 5.92 Å². The maximum Gasteiger partial charge on any atom is 0.251 e. The number of amides is 1. The minimum atomic E-state index is 0.0215. The van der Waals surface area contributed by atoms with Gasteiger partial charge in [0.05, 0.1) is 0 Å². The third kappa shape index (κ3) is 3.58. The molecule has 4 heteroatoms. The van der Waals surface area contributed by atoms with Crippen molar-refractivity contribution in [1.29, 1.82) is 0 Å². The standard InChI is InChI=1S/C19H26N2O2/c1-3-17-13(2)16-11-15(6-7-18(16)21-17)19(22)20-9-4-5-14-8-10-23-12-14/h6-7,11,14,21H,3-5,8-10,12H2,1-2H3,(H,20,22)/t14-/m0/s1. The van der Waals surface area contributed by atoms with Crippen molar-refractivity contribution in [3.8, 4) is 0 Å². The van der Waals surface area contributed by atoms with Gasteiger partial charge in [-0.3, -0.25) is 4.79 Å². The molecule has 124 valence electrons. The molecule has 0 spiro atoms. The van der Waals surface area contributed by atoms with E-state index in [4.69, 9.17) is 4.74 Å². The molecule has 1 aliphatic heterocycles. The lowest BCUT2D eigenvalue weighted by Crippen LogP contribution is -2.24. The van der Waals surface area contributed by atoms with E-state index in [1.807, 2.05) is 18.2 Å². The van der Waals surface area contributed by atoms with Gasteiger partial charge in [-0.05, 0) is 62.3 Å². The number of hydrogen-bond acceptors (Lipinski definition) is 2. The third-order valence-electron chi connectivity index (χ3n) is 4.88. The largest absolute Gasteiger partial charge is 0.381 e. The molecule has 1 saturated heterocycles. The Labute approximate surface area is 137 Å². The van der Waals surface area contributed by atoms with Crippen molar-refractivity contribution < 1.29 is 9.53 Å². The first kappa shape index (κ1) is 16.1. The predicted octanol–water partition coefficient (Wildman–Crippen LogP) is 3.59. The summed E-state index contributed by atoms with van der Waals surface area (Å²) >= 11 is 0. The molecule has 3 rings (SSSR count). The number of hydrogen-bond donors (Lipinski definition) is 2. The summed E-state index contributed by atoms with van der Waals surface area (Å²) in [5, 5.41) is 4.19. The maximum atomic E-state index is 12.3. The smallest absolute Gasteiger partial charge is 0.251 e. The van der Waals surface area contributed by atoms with Gasteiger partial charge >= 0.3 is 0 Å². The summed E-state index contributed by atoms with van der Waals surface area (Å²) < 4.78 is 5.38. The van der Waals surface area contributed by atoms with E-state index in [2.05, 4.69) is 24.1 Å². The van der Waals surface area contributed by atoms with Crippen LogP contribution in [0.5, 0.6) is 0 Å². The molecule has 2 aromatic rings. The fraction of sp³-hybridized carbons (Fsp3) is 0.526. The highest BCUT2D eigenvalue weighted by molar-refractivity contribution is 5.99. The van der Waals surface area contributed by atoms with Crippen LogP contribution in [0.1, 0.15) is 47.8 Å². The maximum absolute atomic E-state index is 12.3. The fourth-order valence-corrected chi connectivity index (χ4v) is 3.38. The molecule has 0 unspecified atom stereocenters. The molecule has 1 aliphatic rings. The van der Waals surface area contributed by atoms with E-state index in [0.717, 1.165) is 61.9 Å². The van der Waals surface area contributed by atoms with Gasteiger partial charge in [0, 0.05) is 41.9 Å². The Hall–Kier alpha value is -1.81. The molecule has 2 N–H and O–H groups in total. The number of fused-ring (bicyclic) bond motifs is 1. The molecule has 1 fully saturated rings.